The van der Waals surface area contributed by atoms with E-state index in [1.807, 2.05) is 62.4 Å². The van der Waals surface area contributed by atoms with E-state index in [9.17, 15) is 4.79 Å². The Bertz CT molecular complexity index is 1480. The summed E-state index contributed by atoms with van der Waals surface area (Å²) < 4.78 is 12.7. The first-order valence-electron chi connectivity index (χ1n) is 10.5. The summed E-state index contributed by atoms with van der Waals surface area (Å²) in [5.41, 5.74) is 6.25. The van der Waals surface area contributed by atoms with Crippen LogP contribution in [0.4, 0.5) is 5.13 Å². The molecule has 0 bridgehead atoms. The lowest BCUT2D eigenvalue weighted by molar-refractivity contribution is -0.111. The maximum Gasteiger partial charge on any atom is 0.250 e. The van der Waals surface area contributed by atoms with Crippen molar-refractivity contribution in [1.29, 1.82) is 0 Å². The second-order valence-electron chi connectivity index (χ2n) is 7.78. The van der Waals surface area contributed by atoms with Gasteiger partial charge < -0.3 is 9.15 Å². The van der Waals surface area contributed by atoms with E-state index in [0.717, 1.165) is 49.0 Å². The quantitative estimate of drug-likeness (QED) is 0.289. The van der Waals surface area contributed by atoms with Gasteiger partial charge in [-0.15, -0.1) is 0 Å². The smallest absolute Gasteiger partial charge is 0.250 e. The molecule has 2 aromatic heterocycles. The van der Waals surface area contributed by atoms with Gasteiger partial charge in [0.15, 0.2) is 5.13 Å². The monoisotopic (exact) mass is 454 g/mol. The lowest BCUT2D eigenvalue weighted by Crippen LogP contribution is -2.08. The Morgan fingerprint density at radius 3 is 2.64 bits per heavy atom. The molecule has 0 saturated carbocycles. The van der Waals surface area contributed by atoms with Crippen LogP contribution in [0.15, 0.2) is 77.4 Å². The number of allylic oxidation sites excluding steroid dienone is 1. The molecule has 2 heterocycles. The number of anilines is 1. The minimum atomic E-state index is -0.234. The number of ether oxygens (including phenoxy) is 1. The zero-order valence-electron chi connectivity index (χ0n) is 18.5. The molecule has 0 aliphatic heterocycles. The number of rotatable bonds is 5. The van der Waals surface area contributed by atoms with Gasteiger partial charge in [-0.2, -0.15) is 0 Å². The SMILES string of the molecule is COc1c(/C(C)=C/C(=O)Nc2nc3ccccc3s2)cc2c(-c3ccccc3)coc2c1C. The number of hydrogen-bond acceptors (Lipinski definition) is 5. The summed E-state index contributed by atoms with van der Waals surface area (Å²) in [5, 5.41) is 4.44. The van der Waals surface area contributed by atoms with Gasteiger partial charge in [-0.3, -0.25) is 10.1 Å². The zero-order valence-corrected chi connectivity index (χ0v) is 19.3. The van der Waals surface area contributed by atoms with Gasteiger partial charge in [0, 0.05) is 28.2 Å². The van der Waals surface area contributed by atoms with Crippen molar-refractivity contribution in [2.45, 2.75) is 13.8 Å². The van der Waals surface area contributed by atoms with Crippen LogP contribution in [0, 0.1) is 6.92 Å². The van der Waals surface area contributed by atoms with Crippen LogP contribution in [0.1, 0.15) is 18.1 Å². The number of hydrogen-bond donors (Lipinski definition) is 1. The number of carbonyl (C=O) groups is 1. The fourth-order valence-electron chi connectivity index (χ4n) is 4.05. The standard InChI is InChI=1S/C27H22N2O3S/c1-16(13-24(30)29-27-28-22-11-7-8-12-23(22)33-27)19-14-20-21(18-9-5-4-6-10-18)15-32-26(20)17(2)25(19)31-3/h4-15H,1-3H3,(H,28,29,30)/b16-13+. The maximum absolute atomic E-state index is 12.8. The van der Waals surface area contributed by atoms with E-state index in [0.29, 0.717) is 10.9 Å². The van der Waals surface area contributed by atoms with E-state index in [-0.39, 0.29) is 5.91 Å². The van der Waals surface area contributed by atoms with Crippen LogP contribution in [0.5, 0.6) is 5.75 Å². The highest BCUT2D eigenvalue weighted by Gasteiger charge is 2.19. The maximum atomic E-state index is 12.8. The number of aryl methyl sites for hydroxylation is 1. The predicted octanol–water partition coefficient (Wildman–Crippen LogP) is 7.07. The number of furan rings is 1. The summed E-state index contributed by atoms with van der Waals surface area (Å²) in [6, 6.07) is 19.9. The summed E-state index contributed by atoms with van der Waals surface area (Å²) in [4.78, 5) is 17.3. The van der Waals surface area contributed by atoms with Gasteiger partial charge in [-0.05, 0) is 43.2 Å². The third kappa shape index (κ3) is 3.90. The lowest BCUT2D eigenvalue weighted by atomic mass is 9.96. The molecule has 164 valence electrons. The number of fused-ring (bicyclic) bond motifs is 2. The summed E-state index contributed by atoms with van der Waals surface area (Å²) in [6.07, 6.45) is 3.35. The Labute approximate surface area is 195 Å². The summed E-state index contributed by atoms with van der Waals surface area (Å²) >= 11 is 1.45. The van der Waals surface area contributed by atoms with Gasteiger partial charge in [0.2, 0.25) is 5.91 Å². The fourth-order valence-corrected chi connectivity index (χ4v) is 4.92. The van der Waals surface area contributed by atoms with Crippen LogP contribution in [-0.2, 0) is 4.79 Å². The Morgan fingerprint density at radius 1 is 1.12 bits per heavy atom. The van der Waals surface area contributed by atoms with Gasteiger partial charge in [0.25, 0.3) is 0 Å². The van der Waals surface area contributed by atoms with Crippen LogP contribution in [0.2, 0.25) is 0 Å². The number of methoxy groups -OCH3 is 1. The highest BCUT2D eigenvalue weighted by Crippen LogP contribution is 2.40. The van der Waals surface area contributed by atoms with E-state index in [4.69, 9.17) is 9.15 Å². The minimum Gasteiger partial charge on any atom is -0.496 e. The second-order valence-corrected chi connectivity index (χ2v) is 8.81. The average Bonchev–Trinajstić information content (AvgIpc) is 3.43. The number of nitrogens with zero attached hydrogens (tertiary/aromatic N) is 1. The van der Waals surface area contributed by atoms with Crippen LogP contribution in [-0.4, -0.2) is 18.0 Å². The van der Waals surface area contributed by atoms with E-state index >= 15 is 0 Å². The predicted molar refractivity (Wildman–Crippen MR) is 135 cm³/mol. The fraction of sp³-hybridized carbons (Fsp3) is 0.111. The van der Waals surface area contributed by atoms with Crippen LogP contribution >= 0.6 is 11.3 Å². The molecule has 0 fully saturated rings. The molecule has 0 aliphatic carbocycles. The molecule has 0 spiro atoms. The number of carbonyl (C=O) groups excluding carboxylic acids is 1. The number of nitrogens with one attached hydrogen (secondary N) is 1. The molecule has 5 rings (SSSR count). The third-order valence-corrected chi connectivity index (χ3v) is 6.58. The van der Waals surface area contributed by atoms with Gasteiger partial charge >= 0.3 is 0 Å². The highest BCUT2D eigenvalue weighted by atomic mass is 32.1. The van der Waals surface area contributed by atoms with Gasteiger partial charge in [-0.25, -0.2) is 4.98 Å². The van der Waals surface area contributed by atoms with Crippen molar-refractivity contribution < 1.29 is 13.9 Å². The zero-order chi connectivity index (χ0) is 22.9. The topological polar surface area (TPSA) is 64.4 Å². The molecule has 0 saturated heterocycles. The second kappa shape index (κ2) is 8.56. The average molecular weight is 455 g/mol. The molecular weight excluding hydrogens is 432 g/mol. The molecule has 5 nitrogen and oxygen atoms in total. The van der Waals surface area contributed by atoms with Crippen molar-refractivity contribution >= 4 is 49.1 Å². The summed E-state index contributed by atoms with van der Waals surface area (Å²) in [6.45, 7) is 3.88. The minimum absolute atomic E-state index is 0.234. The van der Waals surface area contributed by atoms with E-state index in [1.54, 1.807) is 19.4 Å². The van der Waals surface area contributed by atoms with Gasteiger partial charge in [0.1, 0.15) is 11.3 Å². The van der Waals surface area contributed by atoms with Crippen molar-refractivity contribution in [2.24, 2.45) is 0 Å². The normalized spacial score (nSPS) is 11.8. The van der Waals surface area contributed by atoms with E-state index in [2.05, 4.69) is 22.4 Å². The van der Waals surface area contributed by atoms with E-state index < -0.39 is 0 Å². The molecule has 6 heteroatoms. The third-order valence-electron chi connectivity index (χ3n) is 5.63. The molecule has 1 amide bonds. The van der Waals surface area contributed by atoms with Crippen LogP contribution in [0.3, 0.4) is 0 Å². The van der Waals surface area contributed by atoms with Crippen molar-refractivity contribution in [1.82, 2.24) is 4.98 Å². The Morgan fingerprint density at radius 2 is 1.88 bits per heavy atom. The van der Waals surface area contributed by atoms with Crippen molar-refractivity contribution in [3.8, 4) is 16.9 Å². The number of amides is 1. The number of benzene rings is 3. The molecule has 0 unspecified atom stereocenters. The molecule has 0 atom stereocenters. The molecule has 5 aromatic rings. The Kier molecular flexibility index (Phi) is 5.44. The Balaban J connectivity index is 1.53. The first-order valence-corrected chi connectivity index (χ1v) is 11.4. The molecule has 0 aliphatic rings. The van der Waals surface area contributed by atoms with Gasteiger partial charge in [0.05, 0.1) is 23.6 Å². The number of thiazole rings is 1. The first-order chi connectivity index (χ1) is 16.0. The highest BCUT2D eigenvalue weighted by molar-refractivity contribution is 7.22. The van der Waals surface area contributed by atoms with Crippen molar-refractivity contribution in [3.05, 3.63) is 84.1 Å². The largest absolute Gasteiger partial charge is 0.496 e. The molecular formula is C27H22N2O3S. The molecule has 3 aromatic carbocycles. The lowest BCUT2D eigenvalue weighted by Gasteiger charge is -2.13. The molecule has 0 radical (unpaired) electrons. The molecule has 33 heavy (non-hydrogen) atoms. The summed E-state index contributed by atoms with van der Waals surface area (Å²) in [7, 11) is 1.63. The number of para-hydroxylation sites is 1. The van der Waals surface area contributed by atoms with Crippen molar-refractivity contribution in [2.75, 3.05) is 12.4 Å². The molecule has 1 N–H and O–H groups in total. The Hall–Kier alpha value is -3.90. The summed E-state index contributed by atoms with van der Waals surface area (Å²) in [5.74, 6) is 0.458. The first kappa shape index (κ1) is 21.0. The van der Waals surface area contributed by atoms with Crippen molar-refractivity contribution in [3.63, 3.8) is 0 Å². The van der Waals surface area contributed by atoms with Crippen LogP contribution < -0.4 is 10.1 Å². The van der Waals surface area contributed by atoms with Crippen LogP contribution in [0.25, 0.3) is 37.9 Å². The van der Waals surface area contributed by atoms with Gasteiger partial charge in [-0.1, -0.05) is 53.8 Å². The van der Waals surface area contributed by atoms with E-state index in [1.165, 1.54) is 11.3 Å². The number of aromatic nitrogens is 1.